The Kier molecular flexibility index (Phi) is 6.68. The number of nitrogens with zero attached hydrogens (tertiary/aromatic N) is 1. The molecule has 1 heterocycles. The molecule has 2 aromatic rings. The van der Waals surface area contributed by atoms with Crippen LogP contribution in [0, 0.1) is 0 Å². The lowest BCUT2D eigenvalue weighted by molar-refractivity contribution is -0.148. The number of nitrogens with one attached hydrogen (secondary N) is 2. The largest absolute Gasteiger partial charge is 0.456 e. The number of fused-ring (bicyclic) bond motifs is 1. The number of amides is 1. The van der Waals surface area contributed by atoms with E-state index in [0.29, 0.717) is 16.7 Å². The van der Waals surface area contributed by atoms with Gasteiger partial charge in [0.15, 0.2) is 6.61 Å². The van der Waals surface area contributed by atoms with Gasteiger partial charge in [-0.05, 0) is 25.0 Å². The summed E-state index contributed by atoms with van der Waals surface area (Å²) in [6.07, 6.45) is 1.95. The first-order chi connectivity index (χ1) is 12.0. The minimum atomic E-state index is -0.504. The molecule has 134 valence electrons. The number of para-hydroxylation sites is 1. The Bertz CT molecular complexity index is 796. The molecule has 1 aromatic carbocycles. The maximum Gasteiger partial charge on any atom is 0.306 e. The first-order valence-corrected chi connectivity index (χ1v) is 8.46. The fourth-order valence-corrected chi connectivity index (χ4v) is 2.45. The first kappa shape index (κ1) is 18.6. The summed E-state index contributed by atoms with van der Waals surface area (Å²) in [5.41, 5.74) is 0.345. The number of aromatic nitrogens is 2. The highest BCUT2D eigenvalue weighted by molar-refractivity contribution is 5.81. The number of hydrogen-bond donors (Lipinski definition) is 2. The standard InChI is InChI=1S/C18H23N3O4/c1-3-12(4-2)19-16(22)11-25-17(23)10-9-15-20-14-8-6-5-7-13(14)18(24)21-15/h5-8,12H,3-4,9-11H2,1-2H3,(H,19,22)(H,20,21,24). The molecular weight excluding hydrogens is 322 g/mol. The van der Waals surface area contributed by atoms with Crippen molar-refractivity contribution >= 4 is 22.8 Å². The number of ether oxygens (including phenoxy) is 1. The van der Waals surface area contributed by atoms with Gasteiger partial charge in [-0.2, -0.15) is 0 Å². The lowest BCUT2D eigenvalue weighted by Gasteiger charge is -2.14. The van der Waals surface area contributed by atoms with Gasteiger partial charge < -0.3 is 15.0 Å². The molecule has 1 amide bonds. The van der Waals surface area contributed by atoms with Crippen molar-refractivity contribution in [1.82, 2.24) is 15.3 Å². The van der Waals surface area contributed by atoms with Gasteiger partial charge in [0.2, 0.25) is 0 Å². The predicted molar refractivity (Wildman–Crippen MR) is 94.2 cm³/mol. The third-order valence-electron chi connectivity index (χ3n) is 3.94. The highest BCUT2D eigenvalue weighted by Crippen LogP contribution is 2.07. The van der Waals surface area contributed by atoms with Crippen LogP contribution in [0.3, 0.4) is 0 Å². The first-order valence-electron chi connectivity index (χ1n) is 8.46. The number of H-pyrrole nitrogens is 1. The van der Waals surface area contributed by atoms with Gasteiger partial charge in [-0.1, -0.05) is 26.0 Å². The molecule has 0 radical (unpaired) electrons. The topological polar surface area (TPSA) is 101 Å². The van der Waals surface area contributed by atoms with Crippen LogP contribution in [0.4, 0.5) is 0 Å². The van der Waals surface area contributed by atoms with E-state index in [-0.39, 0.29) is 37.0 Å². The van der Waals surface area contributed by atoms with E-state index < -0.39 is 5.97 Å². The SMILES string of the molecule is CCC(CC)NC(=O)COC(=O)CCc1nc2ccccc2c(=O)[nH]1. The molecule has 1 aromatic heterocycles. The molecule has 0 aliphatic rings. The van der Waals surface area contributed by atoms with Crippen LogP contribution in [-0.4, -0.2) is 34.5 Å². The second kappa shape index (κ2) is 8.96. The molecule has 2 rings (SSSR count). The zero-order valence-corrected chi connectivity index (χ0v) is 14.5. The molecular formula is C18H23N3O4. The second-order valence-corrected chi connectivity index (χ2v) is 5.77. The lowest BCUT2D eigenvalue weighted by Crippen LogP contribution is -2.36. The molecule has 25 heavy (non-hydrogen) atoms. The van der Waals surface area contributed by atoms with Gasteiger partial charge in [-0.15, -0.1) is 0 Å². The molecule has 0 aliphatic heterocycles. The van der Waals surface area contributed by atoms with E-state index in [4.69, 9.17) is 4.74 Å². The van der Waals surface area contributed by atoms with Crippen molar-refractivity contribution in [2.24, 2.45) is 0 Å². The number of aromatic amines is 1. The monoisotopic (exact) mass is 345 g/mol. The summed E-state index contributed by atoms with van der Waals surface area (Å²) in [6.45, 7) is 3.67. The maximum atomic E-state index is 12.0. The number of rotatable bonds is 8. The second-order valence-electron chi connectivity index (χ2n) is 5.77. The minimum Gasteiger partial charge on any atom is -0.456 e. The van der Waals surface area contributed by atoms with Gasteiger partial charge in [0.25, 0.3) is 11.5 Å². The highest BCUT2D eigenvalue weighted by atomic mass is 16.5. The van der Waals surface area contributed by atoms with Crippen LogP contribution in [-0.2, 0) is 20.7 Å². The Labute approximate surface area is 145 Å². The molecule has 0 unspecified atom stereocenters. The summed E-state index contributed by atoms with van der Waals surface area (Å²) in [5.74, 6) is -0.392. The number of esters is 1. The Morgan fingerprint density at radius 3 is 2.68 bits per heavy atom. The Morgan fingerprint density at radius 2 is 1.96 bits per heavy atom. The highest BCUT2D eigenvalue weighted by Gasteiger charge is 2.12. The number of hydrogen-bond acceptors (Lipinski definition) is 5. The Balaban J connectivity index is 1.84. The zero-order valence-electron chi connectivity index (χ0n) is 14.5. The minimum absolute atomic E-state index is 0.0412. The molecule has 0 bridgehead atoms. The van der Waals surface area contributed by atoms with Gasteiger partial charge in [-0.3, -0.25) is 14.4 Å². The van der Waals surface area contributed by atoms with Crippen LogP contribution < -0.4 is 10.9 Å². The third-order valence-corrected chi connectivity index (χ3v) is 3.94. The van der Waals surface area contributed by atoms with Crippen LogP contribution in [0.25, 0.3) is 10.9 Å². The van der Waals surface area contributed by atoms with Crippen LogP contribution in [0.15, 0.2) is 29.1 Å². The summed E-state index contributed by atoms with van der Waals surface area (Å²) in [4.78, 5) is 42.4. The van der Waals surface area contributed by atoms with Crippen LogP contribution >= 0.6 is 0 Å². The lowest BCUT2D eigenvalue weighted by atomic mass is 10.2. The van der Waals surface area contributed by atoms with E-state index in [1.807, 2.05) is 13.8 Å². The summed E-state index contributed by atoms with van der Waals surface area (Å²) in [6, 6.07) is 7.10. The van der Waals surface area contributed by atoms with Crippen molar-refractivity contribution in [3.8, 4) is 0 Å². The number of aryl methyl sites for hydroxylation is 1. The van der Waals surface area contributed by atoms with Gasteiger partial charge in [0, 0.05) is 12.5 Å². The molecule has 0 fully saturated rings. The predicted octanol–water partition coefficient (Wildman–Crippen LogP) is 1.70. The van der Waals surface area contributed by atoms with Crippen LogP contribution in [0.1, 0.15) is 38.9 Å². The molecule has 7 heteroatoms. The fraction of sp³-hybridized carbons (Fsp3) is 0.444. The summed E-state index contributed by atoms with van der Waals surface area (Å²) in [7, 11) is 0. The van der Waals surface area contributed by atoms with E-state index in [9.17, 15) is 14.4 Å². The maximum absolute atomic E-state index is 12.0. The fourth-order valence-electron chi connectivity index (χ4n) is 2.45. The van der Waals surface area contributed by atoms with Crippen molar-refractivity contribution in [2.45, 2.75) is 45.6 Å². The molecule has 0 spiro atoms. The molecule has 2 N–H and O–H groups in total. The average molecular weight is 345 g/mol. The third kappa shape index (κ3) is 5.41. The van der Waals surface area contributed by atoms with Crippen LogP contribution in [0.2, 0.25) is 0 Å². The van der Waals surface area contributed by atoms with Crippen molar-refractivity contribution in [3.63, 3.8) is 0 Å². The van der Waals surface area contributed by atoms with Gasteiger partial charge in [-0.25, -0.2) is 4.98 Å². The molecule has 7 nitrogen and oxygen atoms in total. The van der Waals surface area contributed by atoms with Crippen molar-refractivity contribution in [1.29, 1.82) is 0 Å². The quantitative estimate of drug-likeness (QED) is 0.709. The van der Waals surface area contributed by atoms with E-state index in [0.717, 1.165) is 12.8 Å². The smallest absolute Gasteiger partial charge is 0.306 e. The summed E-state index contributed by atoms with van der Waals surface area (Å²) in [5, 5.41) is 3.30. The Morgan fingerprint density at radius 1 is 1.24 bits per heavy atom. The number of carbonyl (C=O) groups excluding carboxylic acids is 2. The summed E-state index contributed by atoms with van der Waals surface area (Å²) >= 11 is 0. The molecule has 0 atom stereocenters. The van der Waals surface area contributed by atoms with Crippen molar-refractivity contribution < 1.29 is 14.3 Å². The normalized spacial score (nSPS) is 10.8. The van der Waals surface area contributed by atoms with E-state index >= 15 is 0 Å². The Hall–Kier alpha value is -2.70. The van der Waals surface area contributed by atoms with Crippen molar-refractivity contribution in [2.75, 3.05) is 6.61 Å². The van der Waals surface area contributed by atoms with Gasteiger partial charge >= 0.3 is 5.97 Å². The number of carbonyl (C=O) groups is 2. The van der Waals surface area contributed by atoms with E-state index in [2.05, 4.69) is 15.3 Å². The van der Waals surface area contributed by atoms with Crippen LogP contribution in [0.5, 0.6) is 0 Å². The average Bonchev–Trinajstić information content (AvgIpc) is 2.62. The molecule has 0 saturated carbocycles. The van der Waals surface area contributed by atoms with Crippen molar-refractivity contribution in [3.05, 3.63) is 40.4 Å². The molecule has 0 aliphatic carbocycles. The zero-order chi connectivity index (χ0) is 18.2. The van der Waals surface area contributed by atoms with Gasteiger partial charge in [0.1, 0.15) is 5.82 Å². The van der Waals surface area contributed by atoms with E-state index in [1.54, 1.807) is 24.3 Å². The van der Waals surface area contributed by atoms with Gasteiger partial charge in [0.05, 0.1) is 17.3 Å². The number of benzene rings is 1. The summed E-state index contributed by atoms with van der Waals surface area (Å²) < 4.78 is 4.96. The van der Waals surface area contributed by atoms with E-state index in [1.165, 1.54) is 0 Å². The molecule has 0 saturated heterocycles.